The minimum absolute atomic E-state index is 0.0348. The maximum atomic E-state index is 10.9. The number of morpholine rings is 1. The molecule has 6 heteroatoms. The minimum Gasteiger partial charge on any atom is -0.373 e. The summed E-state index contributed by atoms with van der Waals surface area (Å²) in [6.07, 6.45) is -0.0348. The van der Waals surface area contributed by atoms with Crippen molar-refractivity contribution in [2.24, 2.45) is 5.73 Å². The summed E-state index contributed by atoms with van der Waals surface area (Å²) in [5, 5.41) is 10.9. The molecule has 1 aromatic carbocycles. The topological polar surface area (TPSA) is 81.6 Å². The highest BCUT2D eigenvalue weighted by Gasteiger charge is 2.25. The first kappa shape index (κ1) is 13.8. The summed E-state index contributed by atoms with van der Waals surface area (Å²) in [5.74, 6) is 0. The highest BCUT2D eigenvalue weighted by molar-refractivity contribution is 5.59. The zero-order chi connectivity index (χ0) is 14.0. The lowest BCUT2D eigenvalue weighted by atomic mass is 10.1. The quantitative estimate of drug-likeness (QED) is 0.661. The number of nitro benzene ring substituents is 1. The van der Waals surface area contributed by atoms with Gasteiger partial charge in [-0.15, -0.1) is 0 Å². The van der Waals surface area contributed by atoms with E-state index < -0.39 is 0 Å². The van der Waals surface area contributed by atoms with Crippen molar-refractivity contribution in [2.75, 3.05) is 24.6 Å². The number of ether oxygens (including phenoxy) is 1. The molecule has 1 aliphatic rings. The molecule has 0 bridgehead atoms. The molecule has 6 nitrogen and oxygen atoms in total. The van der Waals surface area contributed by atoms with Crippen LogP contribution in [0.5, 0.6) is 0 Å². The number of aryl methyl sites for hydroxylation is 1. The zero-order valence-corrected chi connectivity index (χ0v) is 11.2. The molecular formula is C13H19N3O3. The van der Waals surface area contributed by atoms with Gasteiger partial charge in [0.1, 0.15) is 0 Å². The molecule has 1 aliphatic heterocycles. The predicted octanol–water partition coefficient (Wildman–Crippen LogP) is 1.46. The van der Waals surface area contributed by atoms with E-state index in [9.17, 15) is 10.1 Å². The second kappa shape index (κ2) is 5.54. The molecule has 2 atom stereocenters. The van der Waals surface area contributed by atoms with Crippen LogP contribution in [0.1, 0.15) is 12.5 Å². The molecule has 1 saturated heterocycles. The van der Waals surface area contributed by atoms with Gasteiger partial charge in [-0.1, -0.05) is 6.07 Å². The molecule has 104 valence electrons. The first-order valence-corrected chi connectivity index (χ1v) is 6.36. The van der Waals surface area contributed by atoms with Crippen molar-refractivity contribution < 1.29 is 9.66 Å². The fourth-order valence-electron chi connectivity index (χ4n) is 2.26. The van der Waals surface area contributed by atoms with Gasteiger partial charge >= 0.3 is 0 Å². The van der Waals surface area contributed by atoms with E-state index in [1.165, 1.54) is 6.07 Å². The number of nitrogens with zero attached hydrogens (tertiary/aromatic N) is 2. The van der Waals surface area contributed by atoms with Gasteiger partial charge in [-0.2, -0.15) is 0 Å². The second-order valence-electron chi connectivity index (χ2n) is 4.94. The molecule has 0 aromatic heterocycles. The standard InChI is InChI=1S/C13H19N3O3/c1-9-3-4-11(16(17)18)7-12(9)15-5-6-19-13(8-15)10(2)14/h3-4,7,10,13H,5-6,8,14H2,1-2H3. The van der Waals surface area contributed by atoms with Crippen LogP contribution in [-0.2, 0) is 4.74 Å². The van der Waals surface area contributed by atoms with Gasteiger partial charge in [0.25, 0.3) is 5.69 Å². The van der Waals surface area contributed by atoms with Crippen molar-refractivity contribution in [3.63, 3.8) is 0 Å². The average Bonchev–Trinajstić information content (AvgIpc) is 2.39. The van der Waals surface area contributed by atoms with Crippen LogP contribution in [0.2, 0.25) is 0 Å². The summed E-state index contributed by atoms with van der Waals surface area (Å²) in [6, 6.07) is 4.88. The summed E-state index contributed by atoms with van der Waals surface area (Å²) in [6.45, 7) is 5.85. The third-order valence-corrected chi connectivity index (χ3v) is 3.42. The van der Waals surface area contributed by atoms with E-state index in [-0.39, 0.29) is 22.8 Å². The Kier molecular flexibility index (Phi) is 4.01. The maximum absolute atomic E-state index is 10.9. The van der Waals surface area contributed by atoms with Gasteiger partial charge in [-0.3, -0.25) is 10.1 Å². The van der Waals surface area contributed by atoms with Crippen LogP contribution in [-0.4, -0.2) is 36.8 Å². The van der Waals surface area contributed by atoms with Crippen LogP contribution in [0.4, 0.5) is 11.4 Å². The molecule has 0 aliphatic carbocycles. The van der Waals surface area contributed by atoms with Gasteiger partial charge in [-0.05, 0) is 19.4 Å². The normalized spacial score (nSPS) is 21.2. The summed E-state index contributed by atoms with van der Waals surface area (Å²) < 4.78 is 5.61. The first-order valence-electron chi connectivity index (χ1n) is 6.36. The summed E-state index contributed by atoms with van der Waals surface area (Å²) in [5.41, 5.74) is 7.89. The van der Waals surface area contributed by atoms with Gasteiger partial charge in [0.15, 0.2) is 0 Å². The monoisotopic (exact) mass is 265 g/mol. The van der Waals surface area contributed by atoms with Crippen molar-refractivity contribution in [3.8, 4) is 0 Å². The molecule has 0 spiro atoms. The number of hydrogen-bond acceptors (Lipinski definition) is 5. The summed E-state index contributed by atoms with van der Waals surface area (Å²) in [4.78, 5) is 12.6. The third-order valence-electron chi connectivity index (χ3n) is 3.42. The predicted molar refractivity (Wildman–Crippen MR) is 73.4 cm³/mol. The molecule has 1 fully saturated rings. The van der Waals surface area contributed by atoms with E-state index in [2.05, 4.69) is 4.90 Å². The molecule has 0 amide bonds. The van der Waals surface area contributed by atoms with E-state index >= 15 is 0 Å². The van der Waals surface area contributed by atoms with Gasteiger partial charge < -0.3 is 15.4 Å². The van der Waals surface area contributed by atoms with Crippen molar-refractivity contribution >= 4 is 11.4 Å². The van der Waals surface area contributed by atoms with Crippen LogP contribution in [0.25, 0.3) is 0 Å². The lowest BCUT2D eigenvalue weighted by molar-refractivity contribution is -0.384. The number of nitrogens with two attached hydrogens (primary N) is 1. The van der Waals surface area contributed by atoms with Crippen molar-refractivity contribution in [3.05, 3.63) is 33.9 Å². The molecule has 0 saturated carbocycles. The average molecular weight is 265 g/mol. The molecular weight excluding hydrogens is 246 g/mol. The number of rotatable bonds is 3. The van der Waals surface area contributed by atoms with Crippen LogP contribution in [0, 0.1) is 17.0 Å². The Hall–Kier alpha value is -1.66. The smallest absolute Gasteiger partial charge is 0.271 e. The second-order valence-corrected chi connectivity index (χ2v) is 4.94. The molecule has 1 aromatic rings. The lowest BCUT2D eigenvalue weighted by Gasteiger charge is -2.36. The van der Waals surface area contributed by atoms with Crippen LogP contribution in [0.3, 0.4) is 0 Å². The van der Waals surface area contributed by atoms with Gasteiger partial charge in [-0.25, -0.2) is 0 Å². The number of hydrogen-bond donors (Lipinski definition) is 1. The van der Waals surface area contributed by atoms with E-state index in [4.69, 9.17) is 10.5 Å². The van der Waals surface area contributed by atoms with Crippen LogP contribution < -0.4 is 10.6 Å². The van der Waals surface area contributed by atoms with Crippen molar-refractivity contribution in [1.29, 1.82) is 0 Å². The van der Waals surface area contributed by atoms with Crippen molar-refractivity contribution in [2.45, 2.75) is 26.0 Å². The number of benzene rings is 1. The largest absolute Gasteiger partial charge is 0.373 e. The molecule has 19 heavy (non-hydrogen) atoms. The molecule has 2 N–H and O–H groups in total. The molecule has 1 heterocycles. The summed E-state index contributed by atoms with van der Waals surface area (Å²) >= 11 is 0. The summed E-state index contributed by atoms with van der Waals surface area (Å²) in [7, 11) is 0. The maximum Gasteiger partial charge on any atom is 0.271 e. The van der Waals surface area contributed by atoms with E-state index in [1.54, 1.807) is 12.1 Å². The third kappa shape index (κ3) is 3.02. The van der Waals surface area contributed by atoms with E-state index in [0.29, 0.717) is 13.2 Å². The fraction of sp³-hybridized carbons (Fsp3) is 0.538. The van der Waals surface area contributed by atoms with Crippen molar-refractivity contribution in [1.82, 2.24) is 0 Å². The van der Waals surface area contributed by atoms with Crippen LogP contribution in [0.15, 0.2) is 18.2 Å². The Morgan fingerprint density at radius 2 is 2.32 bits per heavy atom. The number of non-ortho nitro benzene ring substituents is 1. The highest BCUT2D eigenvalue weighted by Crippen LogP contribution is 2.27. The fourth-order valence-corrected chi connectivity index (χ4v) is 2.26. The van der Waals surface area contributed by atoms with E-state index in [1.807, 2.05) is 13.8 Å². The molecule has 2 rings (SSSR count). The van der Waals surface area contributed by atoms with Gasteiger partial charge in [0.2, 0.25) is 0 Å². The number of nitro groups is 1. The Balaban J connectivity index is 2.25. The zero-order valence-electron chi connectivity index (χ0n) is 11.2. The Bertz CT molecular complexity index is 476. The lowest BCUT2D eigenvalue weighted by Crippen LogP contribution is -2.49. The SMILES string of the molecule is Cc1ccc([N+](=O)[O-])cc1N1CCOC(C(C)N)C1. The van der Waals surface area contributed by atoms with E-state index in [0.717, 1.165) is 17.8 Å². The Morgan fingerprint density at radius 1 is 1.58 bits per heavy atom. The number of anilines is 1. The van der Waals surface area contributed by atoms with Crippen LogP contribution >= 0.6 is 0 Å². The Labute approximate surface area is 112 Å². The highest BCUT2D eigenvalue weighted by atomic mass is 16.6. The van der Waals surface area contributed by atoms with Gasteiger partial charge in [0.05, 0.1) is 17.6 Å². The Morgan fingerprint density at radius 3 is 2.95 bits per heavy atom. The molecule has 0 radical (unpaired) electrons. The van der Waals surface area contributed by atoms with Gasteiger partial charge in [0, 0.05) is 37.0 Å². The first-order chi connectivity index (χ1) is 8.99. The minimum atomic E-state index is -0.369. The molecule has 2 unspecified atom stereocenters.